The predicted molar refractivity (Wildman–Crippen MR) is 121 cm³/mol. The van der Waals surface area contributed by atoms with Crippen LogP contribution in [0.1, 0.15) is 87.2 Å². The number of aliphatic hydroxyl groups excluding tert-OH is 2. The molecule has 0 radical (unpaired) electrons. The molecule has 11 nitrogen and oxygen atoms in total. The number of esters is 3. The van der Waals surface area contributed by atoms with E-state index < -0.39 is 29.1 Å². The summed E-state index contributed by atoms with van der Waals surface area (Å²) < 4.78 is 17.0. The fraction of sp³-hybridized carbons (Fsp3) is 0.696. The van der Waals surface area contributed by atoms with Crippen molar-refractivity contribution in [3.05, 3.63) is 11.4 Å². The summed E-state index contributed by atoms with van der Waals surface area (Å²) in [7, 11) is 0. The summed E-state index contributed by atoms with van der Waals surface area (Å²) >= 11 is 0. The number of aryl methyl sites for hydroxylation is 1. The Morgan fingerprint density at radius 1 is 0.941 bits per heavy atom. The zero-order valence-electron chi connectivity index (χ0n) is 20.3. The van der Waals surface area contributed by atoms with Gasteiger partial charge in [-0.15, -0.1) is 11.5 Å². The average molecular weight is 482 g/mol. The molecule has 1 heterocycles. The van der Waals surface area contributed by atoms with Gasteiger partial charge in [0.05, 0.1) is 6.61 Å². The minimum Gasteiger partial charge on any atom is -0.456 e. The summed E-state index contributed by atoms with van der Waals surface area (Å²) in [5, 5.41) is 26.2. The van der Waals surface area contributed by atoms with Gasteiger partial charge in [-0.2, -0.15) is 0 Å². The maximum Gasteiger partial charge on any atom is 0.384 e. The number of terminal acetylenes is 1. The van der Waals surface area contributed by atoms with E-state index in [2.05, 4.69) is 10.3 Å². The Labute approximate surface area is 199 Å². The van der Waals surface area contributed by atoms with Crippen molar-refractivity contribution in [1.29, 1.82) is 0 Å². The molecule has 0 aromatic carbocycles. The van der Waals surface area contributed by atoms with Gasteiger partial charge in [0, 0.05) is 38.5 Å². The molecule has 0 spiro atoms. The van der Waals surface area contributed by atoms with Crippen LogP contribution < -0.4 is 0 Å². The fourth-order valence-corrected chi connectivity index (χ4v) is 2.97. The molecular formula is C23H35N3O8. The quantitative estimate of drug-likeness (QED) is 0.124. The van der Waals surface area contributed by atoms with Crippen LogP contribution in [-0.4, -0.2) is 74.1 Å². The molecule has 0 unspecified atom stereocenters. The molecule has 0 saturated heterocycles. The van der Waals surface area contributed by atoms with Crippen LogP contribution in [0.3, 0.4) is 0 Å². The highest BCUT2D eigenvalue weighted by molar-refractivity contribution is 6.00. The van der Waals surface area contributed by atoms with Crippen molar-refractivity contribution in [3.8, 4) is 12.3 Å². The number of rotatable bonds is 15. The fourth-order valence-electron chi connectivity index (χ4n) is 2.97. The SMILES string of the molecule is C#CC(=O)OCCCCCCn1nnc(C(=O)OC(C)(C)CCO)c1C(=O)OC(C)(C)CCO. The number of hydrogen-bond acceptors (Lipinski definition) is 10. The van der Waals surface area contributed by atoms with Crippen LogP contribution in [0.4, 0.5) is 0 Å². The molecule has 0 bridgehead atoms. The van der Waals surface area contributed by atoms with Crippen LogP contribution in [0.15, 0.2) is 0 Å². The highest BCUT2D eigenvalue weighted by Gasteiger charge is 2.34. The van der Waals surface area contributed by atoms with E-state index in [-0.39, 0.29) is 50.6 Å². The first-order valence-corrected chi connectivity index (χ1v) is 11.2. The molecule has 1 aromatic heterocycles. The van der Waals surface area contributed by atoms with Gasteiger partial charge in [0.1, 0.15) is 11.2 Å². The first-order valence-electron chi connectivity index (χ1n) is 11.2. The molecule has 0 amide bonds. The summed E-state index contributed by atoms with van der Waals surface area (Å²) in [5.41, 5.74) is -2.38. The average Bonchev–Trinajstić information content (AvgIpc) is 3.16. The second-order valence-corrected chi connectivity index (χ2v) is 8.95. The summed E-state index contributed by atoms with van der Waals surface area (Å²) in [4.78, 5) is 36.7. The minimum absolute atomic E-state index is 0.140. The molecule has 0 aliphatic heterocycles. The Hall–Kier alpha value is -2.97. The molecule has 11 heteroatoms. The highest BCUT2D eigenvalue weighted by Crippen LogP contribution is 2.21. The Balaban J connectivity index is 2.93. The third-order valence-corrected chi connectivity index (χ3v) is 4.90. The van der Waals surface area contributed by atoms with Gasteiger partial charge < -0.3 is 24.4 Å². The van der Waals surface area contributed by atoms with Crippen molar-refractivity contribution in [3.63, 3.8) is 0 Å². The van der Waals surface area contributed by atoms with E-state index in [0.29, 0.717) is 12.8 Å². The molecule has 0 fully saturated rings. The van der Waals surface area contributed by atoms with Gasteiger partial charge in [0.25, 0.3) is 0 Å². The van der Waals surface area contributed by atoms with Crippen molar-refractivity contribution in [2.45, 2.75) is 84.0 Å². The molecule has 0 saturated carbocycles. The van der Waals surface area contributed by atoms with Gasteiger partial charge in [-0.1, -0.05) is 11.6 Å². The highest BCUT2D eigenvalue weighted by atomic mass is 16.6. The van der Waals surface area contributed by atoms with Gasteiger partial charge in [0.2, 0.25) is 5.69 Å². The van der Waals surface area contributed by atoms with E-state index >= 15 is 0 Å². The van der Waals surface area contributed by atoms with E-state index in [0.717, 1.165) is 12.8 Å². The number of hydrogen-bond donors (Lipinski definition) is 2. The van der Waals surface area contributed by atoms with Crippen molar-refractivity contribution in [2.24, 2.45) is 0 Å². The Morgan fingerprint density at radius 2 is 1.50 bits per heavy atom. The summed E-state index contributed by atoms with van der Waals surface area (Å²) in [6, 6.07) is 0. The summed E-state index contributed by atoms with van der Waals surface area (Å²) in [6.45, 7) is 6.70. The third kappa shape index (κ3) is 9.89. The second-order valence-electron chi connectivity index (χ2n) is 8.95. The van der Waals surface area contributed by atoms with Gasteiger partial charge in [-0.05, 0) is 47.0 Å². The van der Waals surface area contributed by atoms with Gasteiger partial charge in [-0.3, -0.25) is 0 Å². The molecule has 190 valence electrons. The Bertz CT molecular complexity index is 870. The van der Waals surface area contributed by atoms with Gasteiger partial charge in [0.15, 0.2) is 5.69 Å². The van der Waals surface area contributed by atoms with E-state index in [1.54, 1.807) is 27.7 Å². The molecule has 0 aliphatic carbocycles. The summed E-state index contributed by atoms with van der Waals surface area (Å²) in [5.74, 6) is -0.487. The molecule has 1 rings (SSSR count). The number of aliphatic hydroxyl groups is 2. The number of aromatic nitrogens is 3. The molecule has 0 atom stereocenters. The summed E-state index contributed by atoms with van der Waals surface area (Å²) in [6.07, 6.45) is 8.06. The largest absolute Gasteiger partial charge is 0.456 e. The Kier molecular flexibility index (Phi) is 11.7. The lowest BCUT2D eigenvalue weighted by Crippen LogP contribution is -2.33. The number of unbranched alkanes of at least 4 members (excludes halogenated alkanes) is 3. The smallest absolute Gasteiger partial charge is 0.384 e. The molecule has 1 aromatic rings. The van der Waals surface area contributed by atoms with Crippen molar-refractivity contribution in [2.75, 3.05) is 19.8 Å². The van der Waals surface area contributed by atoms with Crippen LogP contribution in [0.2, 0.25) is 0 Å². The first kappa shape index (κ1) is 29.1. The topological polar surface area (TPSA) is 150 Å². The normalized spacial score (nSPS) is 11.6. The molecular weight excluding hydrogens is 446 g/mol. The van der Waals surface area contributed by atoms with Crippen LogP contribution in [0.25, 0.3) is 0 Å². The second kappa shape index (κ2) is 13.7. The number of carbonyl (C=O) groups is 3. The van der Waals surface area contributed by atoms with Gasteiger partial charge in [-0.25, -0.2) is 19.1 Å². The lowest BCUT2D eigenvalue weighted by atomic mass is 10.1. The van der Waals surface area contributed by atoms with E-state index in [4.69, 9.17) is 20.6 Å². The number of nitrogens with zero attached hydrogens (tertiary/aromatic N) is 3. The monoisotopic (exact) mass is 481 g/mol. The molecule has 2 N–H and O–H groups in total. The minimum atomic E-state index is -0.978. The molecule has 34 heavy (non-hydrogen) atoms. The van der Waals surface area contributed by atoms with Crippen LogP contribution in [0, 0.1) is 12.3 Å². The van der Waals surface area contributed by atoms with E-state index in [9.17, 15) is 24.6 Å². The number of ether oxygens (including phenoxy) is 3. The van der Waals surface area contributed by atoms with E-state index in [1.807, 2.05) is 5.92 Å². The van der Waals surface area contributed by atoms with Crippen LogP contribution in [0.5, 0.6) is 0 Å². The maximum absolute atomic E-state index is 13.0. The van der Waals surface area contributed by atoms with Gasteiger partial charge >= 0.3 is 17.9 Å². The standard InChI is InChI=1S/C23H35N3O8/c1-6-17(29)32-16-10-8-7-9-13-26-19(21(31)34-23(4,5)12-15-28)18(24-25-26)20(30)33-22(2,3)11-14-27/h1,27-28H,7-16H2,2-5H3. The van der Waals surface area contributed by atoms with Crippen LogP contribution >= 0.6 is 0 Å². The van der Waals surface area contributed by atoms with Crippen molar-refractivity contribution in [1.82, 2.24) is 15.0 Å². The third-order valence-electron chi connectivity index (χ3n) is 4.90. The zero-order chi connectivity index (χ0) is 25.8. The predicted octanol–water partition coefficient (Wildman–Crippen LogP) is 1.65. The van der Waals surface area contributed by atoms with Crippen molar-refractivity contribution < 1.29 is 38.8 Å². The molecule has 0 aliphatic rings. The Morgan fingerprint density at radius 3 is 2.06 bits per heavy atom. The maximum atomic E-state index is 13.0. The lowest BCUT2D eigenvalue weighted by molar-refractivity contribution is -0.136. The first-order chi connectivity index (χ1) is 16.0. The number of carbonyl (C=O) groups excluding carboxylic acids is 3. The zero-order valence-corrected chi connectivity index (χ0v) is 20.3. The van der Waals surface area contributed by atoms with E-state index in [1.165, 1.54) is 4.68 Å². The lowest BCUT2D eigenvalue weighted by Gasteiger charge is -2.25. The van der Waals surface area contributed by atoms with Crippen LogP contribution in [-0.2, 0) is 25.5 Å². The van der Waals surface area contributed by atoms with Crippen molar-refractivity contribution >= 4 is 17.9 Å².